The van der Waals surface area contributed by atoms with Crippen LogP contribution in [0.2, 0.25) is 5.02 Å². The standard InChI is InChI=1S/C29H26ClN3O3/c1-17-13-22(15-31-33-28(34)26-20-5-6-21(14-20)27(26)29(33)35)18(2)32(17)24-9-11-25(12-10-24)36-16-19-3-7-23(30)8-4-19/h3-13,15,20-21,26-27H,14,16H2,1-2H3/t20-,21-,26-,27+/m0/s1. The van der Waals surface area contributed by atoms with E-state index >= 15 is 0 Å². The summed E-state index contributed by atoms with van der Waals surface area (Å²) in [5.74, 6) is 0.329. The highest BCUT2D eigenvalue weighted by atomic mass is 35.5. The molecule has 2 aromatic carbocycles. The molecule has 4 atom stereocenters. The van der Waals surface area contributed by atoms with E-state index in [9.17, 15) is 9.59 Å². The molecule has 1 saturated heterocycles. The lowest BCUT2D eigenvalue weighted by molar-refractivity contribution is -0.140. The number of rotatable bonds is 6. The van der Waals surface area contributed by atoms with E-state index in [2.05, 4.69) is 21.8 Å². The van der Waals surface area contributed by atoms with Crippen molar-refractivity contribution in [2.75, 3.05) is 0 Å². The minimum Gasteiger partial charge on any atom is -0.489 e. The van der Waals surface area contributed by atoms with Crippen LogP contribution < -0.4 is 4.74 Å². The van der Waals surface area contributed by atoms with Crippen LogP contribution in [0.1, 0.15) is 28.9 Å². The first-order valence-corrected chi connectivity index (χ1v) is 12.6. The molecule has 0 spiro atoms. The van der Waals surface area contributed by atoms with Crippen molar-refractivity contribution in [1.82, 2.24) is 9.58 Å². The van der Waals surface area contributed by atoms with Gasteiger partial charge in [0.05, 0.1) is 18.1 Å². The minimum absolute atomic E-state index is 0.166. The first kappa shape index (κ1) is 22.8. The maximum absolute atomic E-state index is 12.9. The number of aryl methyl sites for hydroxylation is 1. The molecule has 1 saturated carbocycles. The number of amides is 2. The van der Waals surface area contributed by atoms with E-state index in [1.165, 1.54) is 0 Å². The van der Waals surface area contributed by atoms with Crippen LogP contribution in [0.4, 0.5) is 0 Å². The molecule has 6 nitrogen and oxygen atoms in total. The minimum atomic E-state index is -0.238. The second kappa shape index (κ2) is 8.79. The summed E-state index contributed by atoms with van der Waals surface area (Å²) < 4.78 is 8.03. The van der Waals surface area contributed by atoms with Crippen molar-refractivity contribution in [1.29, 1.82) is 0 Å². The number of hydrazone groups is 1. The van der Waals surface area contributed by atoms with Crippen LogP contribution in [0.25, 0.3) is 5.69 Å². The Labute approximate surface area is 214 Å². The molecule has 7 heteroatoms. The summed E-state index contributed by atoms with van der Waals surface area (Å²) in [5, 5.41) is 6.16. The SMILES string of the molecule is Cc1cc(C=NN2C(=O)[C@@H]3[C@H](C2=O)[C@H]2C=C[C@H]3C2)c(C)n1-c1ccc(OCc2ccc(Cl)cc2)cc1. The molecule has 36 heavy (non-hydrogen) atoms. The van der Waals surface area contributed by atoms with E-state index in [0.29, 0.717) is 11.6 Å². The second-order valence-electron chi connectivity index (χ2n) is 9.80. The van der Waals surface area contributed by atoms with Crippen LogP contribution >= 0.6 is 11.6 Å². The lowest BCUT2D eigenvalue weighted by Crippen LogP contribution is -2.28. The fraction of sp³-hybridized carbons (Fsp3) is 0.276. The van der Waals surface area contributed by atoms with Crippen LogP contribution in [0.15, 0.2) is 71.9 Å². The van der Waals surface area contributed by atoms with Gasteiger partial charge in [0.1, 0.15) is 12.4 Å². The third kappa shape index (κ3) is 3.77. The number of imide groups is 1. The number of fused-ring (bicyclic) bond motifs is 5. The van der Waals surface area contributed by atoms with Crippen molar-refractivity contribution >= 4 is 29.6 Å². The van der Waals surface area contributed by atoms with Gasteiger partial charge in [-0.2, -0.15) is 10.1 Å². The largest absolute Gasteiger partial charge is 0.489 e. The zero-order chi connectivity index (χ0) is 25.0. The quantitative estimate of drug-likeness (QED) is 0.257. The Morgan fingerprint density at radius 1 is 0.972 bits per heavy atom. The predicted molar refractivity (Wildman–Crippen MR) is 138 cm³/mol. The van der Waals surface area contributed by atoms with Gasteiger partial charge in [-0.3, -0.25) is 9.59 Å². The Morgan fingerprint density at radius 3 is 2.25 bits per heavy atom. The lowest BCUT2D eigenvalue weighted by Gasteiger charge is -2.13. The molecule has 182 valence electrons. The van der Waals surface area contributed by atoms with Crippen LogP contribution in [0.5, 0.6) is 5.75 Å². The Bertz CT molecular complexity index is 1370. The van der Waals surface area contributed by atoms with E-state index in [1.807, 2.05) is 68.4 Å². The van der Waals surface area contributed by atoms with Crippen molar-refractivity contribution in [2.45, 2.75) is 26.9 Å². The Hall–Kier alpha value is -3.64. The van der Waals surface area contributed by atoms with Gasteiger partial charge in [-0.1, -0.05) is 35.9 Å². The molecule has 2 amide bonds. The Kier molecular flexibility index (Phi) is 5.56. The molecule has 3 aliphatic rings. The van der Waals surface area contributed by atoms with E-state index in [0.717, 1.165) is 45.4 Å². The average molecular weight is 500 g/mol. The fourth-order valence-electron chi connectivity index (χ4n) is 5.87. The third-order valence-corrected chi connectivity index (χ3v) is 7.90. The summed E-state index contributed by atoms with van der Waals surface area (Å²) in [5.41, 5.74) is 4.92. The van der Waals surface area contributed by atoms with Crippen LogP contribution in [-0.2, 0) is 16.2 Å². The maximum Gasteiger partial charge on any atom is 0.254 e. The third-order valence-electron chi connectivity index (χ3n) is 7.64. The number of ether oxygens (including phenoxy) is 1. The molecule has 0 N–H and O–H groups in total. The molecule has 2 aliphatic carbocycles. The van der Waals surface area contributed by atoms with Gasteiger partial charge >= 0.3 is 0 Å². The Balaban J connectivity index is 1.17. The molecule has 1 aliphatic heterocycles. The molecule has 1 aromatic heterocycles. The summed E-state index contributed by atoms with van der Waals surface area (Å²) in [4.78, 5) is 25.8. The summed E-state index contributed by atoms with van der Waals surface area (Å²) in [6, 6.07) is 17.5. The number of halogens is 1. The number of carbonyl (C=O) groups excluding carboxylic acids is 2. The van der Waals surface area contributed by atoms with E-state index in [-0.39, 0.29) is 35.5 Å². The van der Waals surface area contributed by atoms with Crippen molar-refractivity contribution in [3.63, 3.8) is 0 Å². The number of aromatic nitrogens is 1. The summed E-state index contributed by atoms with van der Waals surface area (Å²) in [6.07, 6.45) is 6.72. The highest BCUT2D eigenvalue weighted by Crippen LogP contribution is 2.52. The molecular weight excluding hydrogens is 474 g/mol. The fourth-order valence-corrected chi connectivity index (χ4v) is 6.00. The van der Waals surface area contributed by atoms with Crippen LogP contribution in [0, 0.1) is 37.5 Å². The van der Waals surface area contributed by atoms with Crippen LogP contribution in [-0.4, -0.2) is 27.6 Å². The smallest absolute Gasteiger partial charge is 0.254 e. The van der Waals surface area contributed by atoms with E-state index in [4.69, 9.17) is 16.3 Å². The molecule has 6 rings (SSSR count). The lowest BCUT2D eigenvalue weighted by atomic mass is 9.85. The van der Waals surface area contributed by atoms with Crippen molar-refractivity contribution < 1.29 is 14.3 Å². The van der Waals surface area contributed by atoms with Gasteiger partial charge < -0.3 is 9.30 Å². The number of benzene rings is 2. The normalized spacial score (nSPS) is 24.4. The first-order valence-electron chi connectivity index (χ1n) is 12.2. The molecule has 2 fully saturated rings. The number of carbonyl (C=O) groups is 2. The summed E-state index contributed by atoms with van der Waals surface area (Å²) in [6.45, 7) is 4.49. The second-order valence-corrected chi connectivity index (χ2v) is 10.2. The summed E-state index contributed by atoms with van der Waals surface area (Å²) >= 11 is 5.94. The van der Waals surface area contributed by atoms with Gasteiger partial charge in [0.2, 0.25) is 0 Å². The molecule has 2 bridgehead atoms. The van der Waals surface area contributed by atoms with Crippen molar-refractivity contribution in [3.8, 4) is 11.4 Å². The van der Waals surface area contributed by atoms with Crippen molar-refractivity contribution in [3.05, 3.63) is 94.3 Å². The number of nitrogens with zero attached hydrogens (tertiary/aromatic N) is 3. The number of allylic oxidation sites excluding steroid dienone is 2. The predicted octanol–water partition coefficient (Wildman–Crippen LogP) is 5.47. The van der Waals surface area contributed by atoms with Gasteiger partial charge in [-0.15, -0.1) is 0 Å². The topological polar surface area (TPSA) is 63.9 Å². The van der Waals surface area contributed by atoms with Crippen LogP contribution in [0.3, 0.4) is 0 Å². The average Bonchev–Trinajstić information content (AvgIpc) is 3.62. The maximum atomic E-state index is 12.9. The zero-order valence-electron chi connectivity index (χ0n) is 20.1. The molecule has 3 aromatic rings. The molecule has 2 heterocycles. The monoisotopic (exact) mass is 499 g/mol. The van der Waals surface area contributed by atoms with Crippen molar-refractivity contribution in [2.24, 2.45) is 28.8 Å². The van der Waals surface area contributed by atoms with Gasteiger partial charge in [-0.25, -0.2) is 0 Å². The van der Waals surface area contributed by atoms with Gasteiger partial charge in [0.15, 0.2) is 0 Å². The van der Waals surface area contributed by atoms with Gasteiger partial charge in [-0.05, 0) is 80.1 Å². The highest BCUT2D eigenvalue weighted by molar-refractivity contribution is 6.30. The van der Waals surface area contributed by atoms with Gasteiger partial charge in [0, 0.05) is 27.7 Å². The number of hydrogen-bond acceptors (Lipinski definition) is 4. The van der Waals surface area contributed by atoms with E-state index in [1.54, 1.807) is 6.21 Å². The van der Waals surface area contributed by atoms with Gasteiger partial charge in [0.25, 0.3) is 11.8 Å². The molecular formula is C29H26ClN3O3. The Morgan fingerprint density at radius 2 is 1.61 bits per heavy atom. The molecule has 0 radical (unpaired) electrons. The van der Waals surface area contributed by atoms with E-state index < -0.39 is 0 Å². The first-order chi connectivity index (χ1) is 17.4. The summed E-state index contributed by atoms with van der Waals surface area (Å²) in [7, 11) is 0. The zero-order valence-corrected chi connectivity index (χ0v) is 20.9. The highest BCUT2D eigenvalue weighted by Gasteiger charge is 2.59. The molecule has 0 unspecified atom stereocenters. The number of hydrogen-bond donors (Lipinski definition) is 0.